The van der Waals surface area contributed by atoms with Crippen LogP contribution in [0, 0.1) is 0 Å². The van der Waals surface area contributed by atoms with E-state index in [4.69, 9.17) is 22.9 Å². The van der Waals surface area contributed by atoms with Crippen LogP contribution in [0.4, 0.5) is 0 Å². The van der Waals surface area contributed by atoms with E-state index in [9.17, 15) is 0 Å². The minimum Gasteiger partial charge on any atom is -0.369 e. The number of nitrogens with two attached hydrogens (primary N) is 4. The maximum atomic E-state index is 5.33. The van der Waals surface area contributed by atoms with E-state index in [1.807, 2.05) is 26.0 Å². The van der Waals surface area contributed by atoms with Gasteiger partial charge in [0.1, 0.15) is 0 Å². The molecule has 0 heterocycles. The fraction of sp³-hybridized carbons (Fsp3) is 0.158. The number of hydrogen-bond donors (Lipinski definition) is 4. The van der Waals surface area contributed by atoms with Crippen LogP contribution < -0.4 is 22.9 Å². The van der Waals surface area contributed by atoms with Gasteiger partial charge in [-0.05, 0) is 65.8 Å². The van der Waals surface area contributed by atoms with Crippen LogP contribution in [0.3, 0.4) is 0 Å². The van der Waals surface area contributed by atoms with E-state index in [1.165, 1.54) is 22.3 Å². The molecule has 0 amide bonds. The maximum Gasteiger partial charge on any atom is 0.211 e. The Kier molecular flexibility index (Phi) is 8.17. The highest BCUT2D eigenvalue weighted by Crippen LogP contribution is 2.37. The molecule has 29 heavy (non-hydrogen) atoms. The van der Waals surface area contributed by atoms with E-state index >= 15 is 0 Å². The standard InChI is InChI=1S/C19H22N8.2ClH/c1-10(24-26-18(20)21)12-3-5-16-14(7-12)9-15-8-13(4-6-17(15)16)11(2)25-27-19(22)23;;/h3-8H,9H2,1-2H3,(H4,20,21,26)(H4,22,23,27);2*1H/b24-10+,25-11+;;. The van der Waals surface area contributed by atoms with E-state index in [1.54, 1.807) is 0 Å². The summed E-state index contributed by atoms with van der Waals surface area (Å²) in [5.41, 5.74) is 29.7. The molecular weight excluding hydrogens is 411 g/mol. The zero-order valence-corrected chi connectivity index (χ0v) is 17.7. The molecular formula is C19H24Cl2N8. The van der Waals surface area contributed by atoms with Crippen LogP contribution in [0.5, 0.6) is 0 Å². The number of guanidine groups is 2. The third-order valence-electron chi connectivity index (χ3n) is 4.35. The van der Waals surface area contributed by atoms with Gasteiger partial charge in [0.2, 0.25) is 11.9 Å². The van der Waals surface area contributed by atoms with Gasteiger partial charge in [0.05, 0.1) is 11.4 Å². The van der Waals surface area contributed by atoms with Crippen molar-refractivity contribution < 1.29 is 0 Å². The highest BCUT2D eigenvalue weighted by Gasteiger charge is 2.19. The largest absolute Gasteiger partial charge is 0.369 e. The summed E-state index contributed by atoms with van der Waals surface area (Å²) in [6, 6.07) is 12.5. The smallest absolute Gasteiger partial charge is 0.211 e. The van der Waals surface area contributed by atoms with Crippen LogP contribution in [0.2, 0.25) is 0 Å². The molecule has 0 radical (unpaired) electrons. The summed E-state index contributed by atoms with van der Waals surface area (Å²) in [5.74, 6) is -0.124. The summed E-state index contributed by atoms with van der Waals surface area (Å²) >= 11 is 0. The minimum absolute atomic E-state index is 0. The minimum atomic E-state index is -0.0618. The van der Waals surface area contributed by atoms with Gasteiger partial charge in [0, 0.05) is 0 Å². The van der Waals surface area contributed by atoms with E-state index in [0.717, 1.165) is 29.0 Å². The Balaban J connectivity index is 0.00000210. The first-order valence-electron chi connectivity index (χ1n) is 8.38. The lowest BCUT2D eigenvalue weighted by molar-refractivity contribution is 1.19. The summed E-state index contributed by atoms with van der Waals surface area (Å²) in [4.78, 5) is 0. The summed E-state index contributed by atoms with van der Waals surface area (Å²) in [5, 5.41) is 15.5. The van der Waals surface area contributed by atoms with Crippen molar-refractivity contribution in [3.63, 3.8) is 0 Å². The van der Waals surface area contributed by atoms with Crippen molar-refractivity contribution in [3.8, 4) is 11.1 Å². The van der Waals surface area contributed by atoms with E-state index in [0.29, 0.717) is 0 Å². The van der Waals surface area contributed by atoms with Gasteiger partial charge in [0.25, 0.3) is 0 Å². The quantitative estimate of drug-likeness (QED) is 0.281. The Morgan fingerprint density at radius 3 is 1.38 bits per heavy atom. The Morgan fingerprint density at radius 1 is 0.655 bits per heavy atom. The van der Waals surface area contributed by atoms with Crippen LogP contribution in [-0.4, -0.2) is 23.3 Å². The van der Waals surface area contributed by atoms with E-state index in [2.05, 4.69) is 44.7 Å². The van der Waals surface area contributed by atoms with Crippen molar-refractivity contribution in [2.24, 2.45) is 43.3 Å². The van der Waals surface area contributed by atoms with Gasteiger partial charge >= 0.3 is 0 Å². The number of fused-ring (bicyclic) bond motifs is 3. The molecule has 8 N–H and O–H groups in total. The van der Waals surface area contributed by atoms with Crippen molar-refractivity contribution >= 4 is 48.2 Å². The fourth-order valence-corrected chi connectivity index (χ4v) is 3.04. The Bertz CT molecular complexity index is 935. The van der Waals surface area contributed by atoms with Crippen LogP contribution in [0.1, 0.15) is 36.1 Å². The Labute approximate surface area is 181 Å². The summed E-state index contributed by atoms with van der Waals surface area (Å²) in [6.07, 6.45) is 0.831. The van der Waals surface area contributed by atoms with Crippen LogP contribution in [0.25, 0.3) is 11.1 Å². The highest BCUT2D eigenvalue weighted by molar-refractivity contribution is 6.01. The van der Waals surface area contributed by atoms with E-state index in [-0.39, 0.29) is 36.7 Å². The third-order valence-corrected chi connectivity index (χ3v) is 4.35. The van der Waals surface area contributed by atoms with Gasteiger partial charge < -0.3 is 22.9 Å². The molecule has 8 nitrogen and oxygen atoms in total. The second kappa shape index (κ2) is 9.90. The first-order chi connectivity index (χ1) is 12.8. The molecule has 0 spiro atoms. The number of halogens is 2. The molecule has 0 saturated heterocycles. The normalized spacial score (nSPS) is 12.1. The van der Waals surface area contributed by atoms with Crippen LogP contribution in [0.15, 0.2) is 56.8 Å². The topological polar surface area (TPSA) is 154 Å². The van der Waals surface area contributed by atoms with Crippen molar-refractivity contribution in [1.29, 1.82) is 0 Å². The monoisotopic (exact) mass is 434 g/mol. The zero-order chi connectivity index (χ0) is 19.6. The van der Waals surface area contributed by atoms with Gasteiger partial charge in [-0.2, -0.15) is 10.2 Å². The van der Waals surface area contributed by atoms with Gasteiger partial charge in [-0.3, -0.25) is 0 Å². The molecule has 0 aliphatic heterocycles. The molecule has 0 bridgehead atoms. The zero-order valence-electron chi connectivity index (χ0n) is 16.1. The molecule has 3 rings (SSSR count). The van der Waals surface area contributed by atoms with Crippen molar-refractivity contribution in [2.45, 2.75) is 20.3 Å². The molecule has 154 valence electrons. The van der Waals surface area contributed by atoms with E-state index < -0.39 is 0 Å². The lowest BCUT2D eigenvalue weighted by Crippen LogP contribution is -2.22. The van der Waals surface area contributed by atoms with Crippen LogP contribution >= 0.6 is 24.8 Å². The lowest BCUT2D eigenvalue weighted by atomic mass is 10.0. The van der Waals surface area contributed by atoms with Crippen molar-refractivity contribution in [2.75, 3.05) is 0 Å². The third kappa shape index (κ3) is 5.46. The fourth-order valence-electron chi connectivity index (χ4n) is 3.04. The predicted octanol–water partition coefficient (Wildman–Crippen LogP) is 2.10. The predicted molar refractivity (Wildman–Crippen MR) is 125 cm³/mol. The molecule has 0 fully saturated rings. The van der Waals surface area contributed by atoms with Gasteiger partial charge in [-0.15, -0.1) is 35.0 Å². The second-order valence-electron chi connectivity index (χ2n) is 6.34. The molecule has 1 aliphatic rings. The molecule has 0 aromatic heterocycles. The second-order valence-corrected chi connectivity index (χ2v) is 6.34. The summed E-state index contributed by atoms with van der Waals surface area (Å²) in [7, 11) is 0. The van der Waals surface area contributed by atoms with Gasteiger partial charge in [-0.1, -0.05) is 24.3 Å². The summed E-state index contributed by atoms with van der Waals surface area (Å²) < 4.78 is 0. The Hall–Kier alpha value is -3.10. The number of hydrogen-bond acceptors (Lipinski definition) is 4. The first kappa shape index (κ1) is 23.9. The molecule has 0 saturated carbocycles. The van der Waals surface area contributed by atoms with Gasteiger partial charge in [0.15, 0.2) is 0 Å². The van der Waals surface area contributed by atoms with Gasteiger partial charge in [-0.25, -0.2) is 0 Å². The molecule has 10 heteroatoms. The highest BCUT2D eigenvalue weighted by atomic mass is 35.5. The lowest BCUT2D eigenvalue weighted by Gasteiger charge is -2.05. The first-order valence-corrected chi connectivity index (χ1v) is 8.38. The Morgan fingerprint density at radius 2 is 1.03 bits per heavy atom. The van der Waals surface area contributed by atoms with Crippen molar-refractivity contribution in [1.82, 2.24) is 0 Å². The number of rotatable bonds is 4. The number of nitrogens with zero attached hydrogens (tertiary/aromatic N) is 4. The molecule has 0 atom stereocenters. The van der Waals surface area contributed by atoms with Crippen LogP contribution in [-0.2, 0) is 6.42 Å². The molecule has 0 unspecified atom stereocenters. The number of benzene rings is 2. The summed E-state index contributed by atoms with van der Waals surface area (Å²) in [6.45, 7) is 3.75. The van der Waals surface area contributed by atoms with Crippen molar-refractivity contribution in [3.05, 3.63) is 58.7 Å². The average Bonchev–Trinajstić information content (AvgIpc) is 3.00. The molecule has 1 aliphatic carbocycles. The molecule has 2 aromatic rings. The maximum absolute atomic E-state index is 5.33. The average molecular weight is 435 g/mol. The SMILES string of the molecule is C/C(=N\N=C(N)N)c1ccc2c(c1)Cc1cc(/C(C)=N/N=C(N)N)ccc1-2.Cl.Cl. The molecule has 2 aromatic carbocycles.